The van der Waals surface area contributed by atoms with Crippen LogP contribution in [0.4, 0.5) is 11.6 Å². The minimum Gasteiger partial charge on any atom is -0.363 e. The summed E-state index contributed by atoms with van der Waals surface area (Å²) in [4.78, 5) is 8.64. The second-order valence-electron chi connectivity index (χ2n) is 6.76. The van der Waals surface area contributed by atoms with E-state index in [9.17, 15) is 0 Å². The molecule has 5 heteroatoms. The predicted octanol–water partition coefficient (Wildman–Crippen LogP) is 2.14. The first-order valence-electron chi connectivity index (χ1n) is 7.31. The molecule has 5 rings (SSSR count). The maximum absolute atomic E-state index is 5.40. The minimum atomic E-state index is 0.274. The Balaban J connectivity index is 1.58. The fourth-order valence-corrected chi connectivity index (χ4v) is 5.03. The molecule has 0 amide bonds. The molecule has 4 aliphatic carbocycles. The molecule has 0 aromatic carbocycles. The Hall–Kier alpha value is -1.36. The van der Waals surface area contributed by atoms with Crippen LogP contribution in [0.5, 0.6) is 0 Å². The van der Waals surface area contributed by atoms with Crippen molar-refractivity contribution in [2.24, 2.45) is 23.6 Å². The number of aromatic nitrogens is 2. The molecule has 4 N–H and O–H groups in total. The van der Waals surface area contributed by atoms with E-state index in [2.05, 4.69) is 20.7 Å². The van der Waals surface area contributed by atoms with Gasteiger partial charge in [-0.2, -0.15) is 0 Å². The highest BCUT2D eigenvalue weighted by Crippen LogP contribution is 2.56. The molecule has 4 bridgehead atoms. The lowest BCUT2D eigenvalue weighted by Gasteiger charge is -2.57. The zero-order valence-corrected chi connectivity index (χ0v) is 11.1. The highest BCUT2D eigenvalue weighted by atomic mass is 15.3. The average Bonchev–Trinajstić information content (AvgIpc) is 2.36. The summed E-state index contributed by atoms with van der Waals surface area (Å²) in [6.07, 6.45) is 11.7. The largest absolute Gasteiger partial charge is 0.363 e. The van der Waals surface area contributed by atoms with E-state index in [4.69, 9.17) is 5.84 Å². The molecular formula is C14H21N5. The lowest BCUT2D eigenvalue weighted by molar-refractivity contribution is 0.0105. The molecule has 4 aliphatic rings. The molecule has 0 saturated heterocycles. The van der Waals surface area contributed by atoms with Gasteiger partial charge in [0.05, 0.1) is 12.4 Å². The van der Waals surface area contributed by atoms with Gasteiger partial charge in [-0.05, 0) is 56.3 Å². The number of hydrazine groups is 1. The monoisotopic (exact) mass is 259 g/mol. The summed E-state index contributed by atoms with van der Waals surface area (Å²) in [6, 6.07) is 0. The summed E-state index contributed by atoms with van der Waals surface area (Å²) in [5, 5.41) is 3.69. The van der Waals surface area contributed by atoms with E-state index in [1.807, 2.05) is 0 Å². The first-order valence-corrected chi connectivity index (χ1v) is 7.31. The number of nitrogens with one attached hydrogen (secondary N) is 2. The van der Waals surface area contributed by atoms with Crippen LogP contribution in [-0.4, -0.2) is 15.5 Å². The maximum Gasteiger partial charge on any atom is 0.160 e. The van der Waals surface area contributed by atoms with Crippen molar-refractivity contribution >= 4 is 11.6 Å². The van der Waals surface area contributed by atoms with E-state index < -0.39 is 0 Å². The molecule has 1 aromatic rings. The standard InChI is InChI=1S/C14H21N5/c15-19-13-8-16-7-12(17-13)18-14-4-9-1-10(5-14)3-11(2-9)6-14/h7-11H,1-6,15H2,(H2,17,18,19). The SMILES string of the molecule is NNc1cncc(NC23CC4CC(CC(C4)C2)C3)n1. The van der Waals surface area contributed by atoms with Crippen molar-refractivity contribution in [2.75, 3.05) is 10.7 Å². The van der Waals surface area contributed by atoms with Gasteiger partial charge in [-0.3, -0.25) is 4.98 Å². The number of rotatable bonds is 3. The molecule has 0 spiro atoms. The van der Waals surface area contributed by atoms with Crippen molar-refractivity contribution in [3.05, 3.63) is 12.4 Å². The Bertz CT molecular complexity index is 451. The molecule has 19 heavy (non-hydrogen) atoms. The number of nitrogen functional groups attached to an aromatic ring is 1. The van der Waals surface area contributed by atoms with Crippen LogP contribution >= 0.6 is 0 Å². The van der Waals surface area contributed by atoms with E-state index in [1.54, 1.807) is 12.4 Å². The van der Waals surface area contributed by atoms with Crippen molar-refractivity contribution in [3.63, 3.8) is 0 Å². The summed E-state index contributed by atoms with van der Waals surface area (Å²) in [5.41, 5.74) is 2.84. The highest BCUT2D eigenvalue weighted by Gasteiger charge is 2.51. The third-order valence-electron chi connectivity index (χ3n) is 5.21. The van der Waals surface area contributed by atoms with E-state index in [0.29, 0.717) is 5.82 Å². The second kappa shape index (κ2) is 4.07. The topological polar surface area (TPSA) is 75.9 Å². The van der Waals surface area contributed by atoms with E-state index in [-0.39, 0.29) is 5.54 Å². The number of hydrogen-bond donors (Lipinski definition) is 3. The van der Waals surface area contributed by atoms with Gasteiger partial charge < -0.3 is 10.7 Å². The van der Waals surface area contributed by atoms with Crippen molar-refractivity contribution in [1.82, 2.24) is 9.97 Å². The van der Waals surface area contributed by atoms with Crippen LogP contribution in [0.25, 0.3) is 0 Å². The molecule has 5 nitrogen and oxygen atoms in total. The quantitative estimate of drug-likeness (QED) is 0.573. The fraction of sp³-hybridized carbons (Fsp3) is 0.714. The highest BCUT2D eigenvalue weighted by molar-refractivity contribution is 5.43. The predicted molar refractivity (Wildman–Crippen MR) is 74.4 cm³/mol. The first kappa shape index (κ1) is 11.5. The molecule has 0 aliphatic heterocycles. The normalized spacial score (nSPS) is 39.3. The minimum absolute atomic E-state index is 0.274. The van der Waals surface area contributed by atoms with E-state index in [1.165, 1.54) is 38.5 Å². The van der Waals surface area contributed by atoms with Gasteiger partial charge in [0.15, 0.2) is 5.82 Å². The lowest BCUT2D eigenvalue weighted by Crippen LogP contribution is -2.54. The molecular weight excluding hydrogens is 238 g/mol. The van der Waals surface area contributed by atoms with Crippen LogP contribution < -0.4 is 16.6 Å². The van der Waals surface area contributed by atoms with Crippen LogP contribution in [0, 0.1) is 17.8 Å². The van der Waals surface area contributed by atoms with Crippen LogP contribution in [0.1, 0.15) is 38.5 Å². The molecule has 0 unspecified atom stereocenters. The van der Waals surface area contributed by atoms with Gasteiger partial charge in [0.2, 0.25) is 0 Å². The molecule has 1 heterocycles. The summed E-state index contributed by atoms with van der Waals surface area (Å²) in [6.45, 7) is 0. The zero-order valence-electron chi connectivity index (χ0n) is 11.1. The molecule has 4 fully saturated rings. The second-order valence-corrected chi connectivity index (χ2v) is 6.76. The van der Waals surface area contributed by atoms with Gasteiger partial charge in [-0.1, -0.05) is 0 Å². The smallest absolute Gasteiger partial charge is 0.160 e. The third kappa shape index (κ3) is 1.96. The van der Waals surface area contributed by atoms with Gasteiger partial charge >= 0.3 is 0 Å². The number of hydrogen-bond acceptors (Lipinski definition) is 5. The third-order valence-corrected chi connectivity index (χ3v) is 5.21. The molecule has 0 atom stereocenters. The van der Waals surface area contributed by atoms with Gasteiger partial charge in [-0.15, -0.1) is 0 Å². The fourth-order valence-electron chi connectivity index (χ4n) is 5.03. The average molecular weight is 259 g/mol. The van der Waals surface area contributed by atoms with Crippen LogP contribution in [0.2, 0.25) is 0 Å². The zero-order chi connectivity index (χ0) is 12.9. The Labute approximate surface area is 113 Å². The summed E-state index contributed by atoms with van der Waals surface area (Å²) in [5.74, 6) is 9.68. The van der Waals surface area contributed by atoms with Gasteiger partial charge in [0.25, 0.3) is 0 Å². The van der Waals surface area contributed by atoms with Gasteiger partial charge in [-0.25, -0.2) is 10.8 Å². The van der Waals surface area contributed by atoms with Crippen molar-refractivity contribution in [2.45, 2.75) is 44.1 Å². The molecule has 102 valence electrons. The number of anilines is 2. The Morgan fingerprint density at radius 3 is 2.16 bits per heavy atom. The van der Waals surface area contributed by atoms with Crippen LogP contribution in [0.3, 0.4) is 0 Å². The maximum atomic E-state index is 5.40. The molecule has 4 saturated carbocycles. The number of nitrogens with two attached hydrogens (primary N) is 1. The summed E-state index contributed by atoms with van der Waals surface area (Å²) in [7, 11) is 0. The lowest BCUT2D eigenvalue weighted by atomic mass is 9.53. The summed E-state index contributed by atoms with van der Waals surface area (Å²) >= 11 is 0. The van der Waals surface area contributed by atoms with Crippen molar-refractivity contribution in [1.29, 1.82) is 0 Å². The summed E-state index contributed by atoms with van der Waals surface area (Å²) < 4.78 is 0. The van der Waals surface area contributed by atoms with Crippen LogP contribution in [0.15, 0.2) is 12.4 Å². The van der Waals surface area contributed by atoms with Crippen molar-refractivity contribution < 1.29 is 0 Å². The molecule has 1 aromatic heterocycles. The Morgan fingerprint density at radius 1 is 1.00 bits per heavy atom. The number of nitrogens with zero attached hydrogens (tertiary/aromatic N) is 2. The van der Waals surface area contributed by atoms with E-state index >= 15 is 0 Å². The van der Waals surface area contributed by atoms with Gasteiger partial charge in [0, 0.05) is 5.54 Å². The van der Waals surface area contributed by atoms with E-state index in [0.717, 1.165) is 23.6 Å². The van der Waals surface area contributed by atoms with Crippen LogP contribution in [-0.2, 0) is 0 Å². The Kier molecular flexibility index (Phi) is 2.45. The first-order chi connectivity index (χ1) is 9.25. The van der Waals surface area contributed by atoms with Gasteiger partial charge in [0.1, 0.15) is 5.82 Å². The molecule has 0 radical (unpaired) electrons. The Morgan fingerprint density at radius 2 is 1.58 bits per heavy atom. The van der Waals surface area contributed by atoms with Crippen molar-refractivity contribution in [3.8, 4) is 0 Å².